The van der Waals surface area contributed by atoms with Crippen LogP contribution >= 0.6 is 0 Å². The first-order chi connectivity index (χ1) is 7.53. The van der Waals surface area contributed by atoms with Gasteiger partial charge in [0.25, 0.3) is 0 Å². The average Bonchev–Trinajstić information content (AvgIpc) is 2.28. The molecule has 0 heterocycles. The maximum atomic E-state index is 11.0. The van der Waals surface area contributed by atoms with E-state index in [1.165, 1.54) is 0 Å². The summed E-state index contributed by atoms with van der Waals surface area (Å²) in [5.74, 6) is -0.179. The van der Waals surface area contributed by atoms with Crippen LogP contribution in [0.4, 0.5) is 0 Å². The Morgan fingerprint density at radius 1 is 1.56 bits per heavy atom. The Morgan fingerprint density at radius 2 is 2.12 bits per heavy atom. The van der Waals surface area contributed by atoms with Crippen molar-refractivity contribution in [1.82, 2.24) is 0 Å². The number of aliphatic carboxylic acids is 1. The summed E-state index contributed by atoms with van der Waals surface area (Å²) in [5.41, 5.74) is 5.37. The van der Waals surface area contributed by atoms with Crippen LogP contribution in [-0.2, 0) is 9.53 Å². The maximum absolute atomic E-state index is 11.0. The quantitative estimate of drug-likeness (QED) is 0.753. The largest absolute Gasteiger partial charge is 0.479 e. The Bertz CT molecular complexity index is 234. The Kier molecular flexibility index (Phi) is 4.74. The molecule has 0 radical (unpaired) electrons. The van der Waals surface area contributed by atoms with Crippen LogP contribution in [0.1, 0.15) is 46.0 Å². The van der Waals surface area contributed by atoms with Crippen LogP contribution in [0.2, 0.25) is 0 Å². The molecule has 0 aromatic heterocycles. The number of nitrogens with two attached hydrogens (primary N) is 1. The van der Waals surface area contributed by atoms with Crippen LogP contribution < -0.4 is 5.73 Å². The molecule has 94 valence electrons. The second-order valence-corrected chi connectivity index (χ2v) is 4.92. The highest BCUT2D eigenvalue weighted by Gasteiger charge is 2.37. The Labute approximate surface area is 97.2 Å². The molecule has 1 aliphatic carbocycles. The third-order valence-electron chi connectivity index (χ3n) is 3.60. The number of carboxylic acids is 1. The zero-order valence-corrected chi connectivity index (χ0v) is 10.2. The molecule has 4 heteroatoms. The first kappa shape index (κ1) is 13.5. The molecule has 0 aromatic rings. The molecule has 4 nitrogen and oxygen atoms in total. The molecule has 1 rings (SSSR count). The van der Waals surface area contributed by atoms with Crippen molar-refractivity contribution in [2.75, 3.05) is 6.54 Å². The molecule has 0 bridgehead atoms. The van der Waals surface area contributed by atoms with Gasteiger partial charge >= 0.3 is 5.97 Å². The lowest BCUT2D eigenvalue weighted by molar-refractivity contribution is -0.169. The molecule has 1 saturated carbocycles. The summed E-state index contributed by atoms with van der Waals surface area (Å²) in [5, 5.41) is 9.00. The van der Waals surface area contributed by atoms with Crippen molar-refractivity contribution in [2.24, 2.45) is 11.7 Å². The minimum Gasteiger partial charge on any atom is -0.479 e. The topological polar surface area (TPSA) is 72.5 Å². The van der Waals surface area contributed by atoms with Crippen LogP contribution in [0.15, 0.2) is 0 Å². The predicted molar refractivity (Wildman–Crippen MR) is 62.2 cm³/mol. The summed E-state index contributed by atoms with van der Waals surface area (Å²) in [6, 6.07) is 0. The van der Waals surface area contributed by atoms with Gasteiger partial charge in [-0.05, 0) is 38.0 Å². The van der Waals surface area contributed by atoms with Gasteiger partial charge in [-0.25, -0.2) is 4.79 Å². The molecular weight excluding hydrogens is 206 g/mol. The molecule has 0 aromatic carbocycles. The van der Waals surface area contributed by atoms with Crippen molar-refractivity contribution in [2.45, 2.75) is 57.7 Å². The number of carboxylic acid groups (broad SMARTS) is 1. The number of hydrogen-bond donors (Lipinski definition) is 2. The van der Waals surface area contributed by atoms with E-state index in [4.69, 9.17) is 15.6 Å². The van der Waals surface area contributed by atoms with Gasteiger partial charge in [0.2, 0.25) is 0 Å². The Morgan fingerprint density at radius 3 is 2.50 bits per heavy atom. The minimum atomic E-state index is -0.881. The third kappa shape index (κ3) is 3.19. The van der Waals surface area contributed by atoms with Gasteiger partial charge in [-0.2, -0.15) is 0 Å². The summed E-state index contributed by atoms with van der Waals surface area (Å²) in [6.45, 7) is 4.47. The number of carbonyl (C=O) groups is 1. The van der Waals surface area contributed by atoms with Gasteiger partial charge in [-0.15, -0.1) is 0 Å². The van der Waals surface area contributed by atoms with E-state index in [-0.39, 0.29) is 0 Å². The van der Waals surface area contributed by atoms with Gasteiger partial charge < -0.3 is 15.6 Å². The van der Waals surface area contributed by atoms with Gasteiger partial charge in [-0.1, -0.05) is 13.8 Å². The van der Waals surface area contributed by atoms with E-state index in [9.17, 15) is 4.79 Å². The van der Waals surface area contributed by atoms with E-state index >= 15 is 0 Å². The molecule has 1 unspecified atom stereocenters. The highest BCUT2D eigenvalue weighted by atomic mass is 16.5. The Balaban J connectivity index is 2.62. The van der Waals surface area contributed by atoms with Crippen molar-refractivity contribution in [1.29, 1.82) is 0 Å². The van der Waals surface area contributed by atoms with Gasteiger partial charge in [0, 0.05) is 6.54 Å². The van der Waals surface area contributed by atoms with Crippen molar-refractivity contribution in [3.63, 3.8) is 0 Å². The average molecular weight is 229 g/mol. The number of rotatable bonds is 5. The number of hydrogen-bond acceptors (Lipinski definition) is 3. The lowest BCUT2D eigenvalue weighted by atomic mass is 9.79. The molecule has 0 aliphatic heterocycles. The smallest absolute Gasteiger partial charge is 0.332 e. The maximum Gasteiger partial charge on any atom is 0.332 e. The number of ether oxygens (including phenoxy) is 1. The van der Waals surface area contributed by atoms with E-state index in [1.54, 1.807) is 0 Å². The Hall–Kier alpha value is -0.610. The van der Waals surface area contributed by atoms with Crippen LogP contribution in [0.3, 0.4) is 0 Å². The SMILES string of the molecule is CCC(OC1(CN)CCC(C)CC1)C(=O)O. The first-order valence-electron chi connectivity index (χ1n) is 6.13. The zero-order valence-electron chi connectivity index (χ0n) is 10.2. The molecule has 1 fully saturated rings. The van der Waals surface area contributed by atoms with E-state index in [1.807, 2.05) is 6.92 Å². The molecule has 16 heavy (non-hydrogen) atoms. The molecular formula is C12H23NO3. The highest BCUT2D eigenvalue weighted by Crippen LogP contribution is 2.35. The zero-order chi connectivity index (χ0) is 12.2. The standard InChI is InChI=1S/C12H23NO3/c1-3-10(11(14)15)16-12(8-13)6-4-9(2)5-7-12/h9-10H,3-8,13H2,1-2H3,(H,14,15). The third-order valence-corrected chi connectivity index (χ3v) is 3.60. The van der Waals surface area contributed by atoms with Crippen molar-refractivity contribution >= 4 is 5.97 Å². The van der Waals surface area contributed by atoms with E-state index in [0.717, 1.165) is 25.7 Å². The normalized spacial score (nSPS) is 32.3. The summed E-state index contributed by atoms with van der Waals surface area (Å²) in [7, 11) is 0. The highest BCUT2D eigenvalue weighted by molar-refractivity contribution is 5.72. The molecule has 3 N–H and O–H groups in total. The van der Waals surface area contributed by atoms with Crippen LogP contribution in [0.5, 0.6) is 0 Å². The van der Waals surface area contributed by atoms with Gasteiger partial charge in [-0.3, -0.25) is 0 Å². The second kappa shape index (κ2) is 5.64. The van der Waals surface area contributed by atoms with Gasteiger partial charge in [0.05, 0.1) is 5.60 Å². The van der Waals surface area contributed by atoms with Crippen LogP contribution in [0, 0.1) is 5.92 Å². The molecule has 1 aliphatic rings. The fourth-order valence-corrected chi connectivity index (χ4v) is 2.27. The monoisotopic (exact) mass is 229 g/mol. The lowest BCUT2D eigenvalue weighted by Gasteiger charge is -2.40. The van der Waals surface area contributed by atoms with Crippen molar-refractivity contribution < 1.29 is 14.6 Å². The molecule has 0 spiro atoms. The fraction of sp³-hybridized carbons (Fsp3) is 0.917. The van der Waals surface area contributed by atoms with Crippen molar-refractivity contribution in [3.05, 3.63) is 0 Å². The fourth-order valence-electron chi connectivity index (χ4n) is 2.27. The summed E-state index contributed by atoms with van der Waals surface area (Å²) < 4.78 is 5.76. The van der Waals surface area contributed by atoms with Gasteiger partial charge in [0.1, 0.15) is 0 Å². The molecule has 0 amide bonds. The van der Waals surface area contributed by atoms with E-state index < -0.39 is 17.7 Å². The lowest BCUT2D eigenvalue weighted by Crippen LogP contribution is -2.47. The van der Waals surface area contributed by atoms with E-state index in [0.29, 0.717) is 18.9 Å². The van der Waals surface area contributed by atoms with Crippen molar-refractivity contribution in [3.8, 4) is 0 Å². The van der Waals surface area contributed by atoms with Gasteiger partial charge in [0.15, 0.2) is 6.10 Å². The predicted octanol–water partition coefficient (Wildman–Crippen LogP) is 1.77. The summed E-state index contributed by atoms with van der Waals surface area (Å²) in [6.07, 6.45) is 3.70. The molecule has 1 atom stereocenters. The summed E-state index contributed by atoms with van der Waals surface area (Å²) in [4.78, 5) is 11.0. The van der Waals surface area contributed by atoms with E-state index in [2.05, 4.69) is 6.92 Å². The summed E-state index contributed by atoms with van der Waals surface area (Å²) >= 11 is 0. The minimum absolute atomic E-state index is 0.397. The molecule has 0 saturated heterocycles. The van der Waals surface area contributed by atoms with Crippen LogP contribution in [-0.4, -0.2) is 29.3 Å². The first-order valence-corrected chi connectivity index (χ1v) is 6.13. The second-order valence-electron chi connectivity index (χ2n) is 4.92. The van der Waals surface area contributed by atoms with Crippen LogP contribution in [0.25, 0.3) is 0 Å².